The van der Waals surface area contributed by atoms with E-state index in [4.69, 9.17) is 5.26 Å². The molecule has 0 aromatic heterocycles. The number of carbonyl (C=O) groups is 1. The lowest BCUT2D eigenvalue weighted by Gasteiger charge is -2.35. The Hall–Kier alpha value is -1.77. The van der Waals surface area contributed by atoms with Gasteiger partial charge in [-0.05, 0) is 30.4 Å². The second-order valence-corrected chi connectivity index (χ2v) is 4.44. The van der Waals surface area contributed by atoms with Crippen molar-refractivity contribution in [2.75, 3.05) is 13.1 Å². The number of allylic oxidation sites excluding steroid dienone is 3. The molecule has 6 heteroatoms. The fourth-order valence-corrected chi connectivity index (χ4v) is 2.32. The third kappa shape index (κ3) is 2.40. The molecule has 1 unspecified atom stereocenters. The molecule has 1 aliphatic carbocycles. The van der Waals surface area contributed by atoms with Crippen molar-refractivity contribution in [3.63, 3.8) is 0 Å². The van der Waals surface area contributed by atoms with Crippen LogP contribution < -0.4 is 0 Å². The van der Waals surface area contributed by atoms with E-state index in [0.29, 0.717) is 18.4 Å². The number of hydrogen-bond acceptors (Lipinski definition) is 2. The van der Waals surface area contributed by atoms with Crippen LogP contribution in [0.4, 0.5) is 13.2 Å². The number of rotatable bonds is 0. The summed E-state index contributed by atoms with van der Waals surface area (Å²) in [6.45, 7) is 0.0953. The van der Waals surface area contributed by atoms with E-state index in [1.165, 1.54) is 0 Å². The number of alkyl halides is 3. The summed E-state index contributed by atoms with van der Waals surface area (Å²) in [5, 5.41) is 8.76. The molecule has 0 aromatic rings. The third-order valence-corrected chi connectivity index (χ3v) is 3.27. The number of nitriles is 1. The van der Waals surface area contributed by atoms with E-state index in [1.54, 1.807) is 12.2 Å². The maximum Gasteiger partial charge on any atom is 0.471 e. The molecule has 2 aliphatic rings. The topological polar surface area (TPSA) is 44.1 Å². The Morgan fingerprint density at radius 2 is 2.22 bits per heavy atom. The highest BCUT2D eigenvalue weighted by Gasteiger charge is 2.44. The van der Waals surface area contributed by atoms with Gasteiger partial charge in [-0.1, -0.05) is 6.08 Å². The lowest BCUT2D eigenvalue weighted by molar-refractivity contribution is -0.185. The first-order valence-corrected chi connectivity index (χ1v) is 5.58. The molecule has 1 aliphatic heterocycles. The van der Waals surface area contributed by atoms with Gasteiger partial charge in [-0.2, -0.15) is 18.4 Å². The van der Waals surface area contributed by atoms with E-state index in [2.05, 4.69) is 0 Å². The highest BCUT2D eigenvalue weighted by atomic mass is 19.4. The van der Waals surface area contributed by atoms with Crippen LogP contribution in [0.1, 0.15) is 12.8 Å². The molecular weight excluding hydrogens is 245 g/mol. The van der Waals surface area contributed by atoms with Crippen molar-refractivity contribution in [2.24, 2.45) is 5.92 Å². The van der Waals surface area contributed by atoms with E-state index < -0.39 is 12.1 Å². The normalized spacial score (nSPS) is 23.7. The summed E-state index contributed by atoms with van der Waals surface area (Å²) >= 11 is 0. The smallest absolute Gasteiger partial charge is 0.331 e. The summed E-state index contributed by atoms with van der Waals surface area (Å²) < 4.78 is 37.0. The van der Waals surface area contributed by atoms with Gasteiger partial charge < -0.3 is 4.90 Å². The van der Waals surface area contributed by atoms with Gasteiger partial charge in [0.2, 0.25) is 0 Å². The summed E-state index contributed by atoms with van der Waals surface area (Å²) in [5.41, 5.74) is 1.21. The lowest BCUT2D eigenvalue weighted by Crippen LogP contribution is -2.46. The lowest BCUT2D eigenvalue weighted by atomic mass is 9.83. The zero-order valence-corrected chi connectivity index (χ0v) is 9.50. The second kappa shape index (κ2) is 4.48. The van der Waals surface area contributed by atoms with Crippen LogP contribution in [-0.2, 0) is 4.79 Å². The molecule has 0 bridgehead atoms. The summed E-state index contributed by atoms with van der Waals surface area (Å²) in [4.78, 5) is 11.9. The van der Waals surface area contributed by atoms with Gasteiger partial charge in [-0.25, -0.2) is 0 Å². The highest BCUT2D eigenvalue weighted by Crippen LogP contribution is 2.32. The summed E-state index contributed by atoms with van der Waals surface area (Å²) in [5.74, 6) is -1.63. The predicted octanol–water partition coefficient (Wildman–Crippen LogP) is 2.18. The third-order valence-electron chi connectivity index (χ3n) is 3.27. The minimum Gasteiger partial charge on any atom is -0.331 e. The van der Waals surface area contributed by atoms with E-state index in [1.807, 2.05) is 6.07 Å². The quantitative estimate of drug-likeness (QED) is 0.666. The van der Waals surface area contributed by atoms with Crippen molar-refractivity contribution in [1.82, 2.24) is 4.90 Å². The van der Waals surface area contributed by atoms with Crippen molar-refractivity contribution in [2.45, 2.75) is 19.0 Å². The molecule has 2 rings (SSSR count). The van der Waals surface area contributed by atoms with Crippen molar-refractivity contribution < 1.29 is 18.0 Å². The summed E-state index contributed by atoms with van der Waals surface area (Å²) in [7, 11) is 0. The Morgan fingerprint density at radius 3 is 2.83 bits per heavy atom. The van der Waals surface area contributed by atoms with Gasteiger partial charge in [-0.3, -0.25) is 4.79 Å². The Balaban J connectivity index is 2.14. The molecule has 1 saturated heterocycles. The van der Waals surface area contributed by atoms with Crippen molar-refractivity contribution in [3.8, 4) is 6.07 Å². The van der Waals surface area contributed by atoms with E-state index in [0.717, 1.165) is 10.5 Å². The van der Waals surface area contributed by atoms with Crippen molar-refractivity contribution >= 4 is 5.91 Å². The number of fused-ring (bicyclic) bond motifs is 1. The number of likely N-dealkylation sites (tertiary alicyclic amines) is 1. The maximum absolute atomic E-state index is 12.3. The van der Waals surface area contributed by atoms with E-state index in [-0.39, 0.29) is 19.0 Å². The Morgan fingerprint density at radius 1 is 1.50 bits per heavy atom. The van der Waals surface area contributed by atoms with Gasteiger partial charge in [0.25, 0.3) is 0 Å². The molecule has 1 amide bonds. The molecule has 1 fully saturated rings. The van der Waals surface area contributed by atoms with Crippen LogP contribution in [0.5, 0.6) is 0 Å². The SMILES string of the molecule is N#CC1=CCC2CCN(C(=O)C(F)(F)F)CC2=C1. The Kier molecular flexibility index (Phi) is 3.16. The van der Waals surface area contributed by atoms with E-state index in [9.17, 15) is 18.0 Å². The highest BCUT2D eigenvalue weighted by molar-refractivity contribution is 5.82. The maximum atomic E-state index is 12.3. The first-order chi connectivity index (χ1) is 8.41. The summed E-state index contributed by atoms with van der Waals surface area (Å²) in [6, 6.07) is 1.97. The van der Waals surface area contributed by atoms with Crippen LogP contribution in [0.15, 0.2) is 23.3 Å². The van der Waals surface area contributed by atoms with Crippen molar-refractivity contribution in [3.05, 3.63) is 23.3 Å². The van der Waals surface area contributed by atoms with Gasteiger partial charge in [0.15, 0.2) is 0 Å². The number of halogens is 3. The molecular formula is C12H11F3N2O. The van der Waals surface area contributed by atoms with Crippen LogP contribution >= 0.6 is 0 Å². The van der Waals surface area contributed by atoms with E-state index >= 15 is 0 Å². The number of hydrogen-bond donors (Lipinski definition) is 0. The molecule has 0 radical (unpaired) electrons. The molecule has 96 valence electrons. The van der Waals surface area contributed by atoms with Gasteiger partial charge in [-0.15, -0.1) is 0 Å². The minimum atomic E-state index is -4.82. The zero-order valence-electron chi connectivity index (χ0n) is 9.50. The van der Waals surface area contributed by atoms with Crippen LogP contribution in [0, 0.1) is 17.2 Å². The van der Waals surface area contributed by atoms with Crippen molar-refractivity contribution in [1.29, 1.82) is 5.26 Å². The first-order valence-electron chi connectivity index (χ1n) is 5.58. The Labute approximate surface area is 102 Å². The molecule has 0 spiro atoms. The predicted molar refractivity (Wildman–Crippen MR) is 57.1 cm³/mol. The number of carbonyl (C=O) groups excluding carboxylic acids is 1. The molecule has 18 heavy (non-hydrogen) atoms. The van der Waals surface area contributed by atoms with Gasteiger partial charge >= 0.3 is 12.1 Å². The molecule has 1 heterocycles. The monoisotopic (exact) mass is 256 g/mol. The number of amides is 1. The second-order valence-electron chi connectivity index (χ2n) is 4.44. The van der Waals surface area contributed by atoms with Gasteiger partial charge in [0, 0.05) is 18.7 Å². The standard InChI is InChI=1S/C12H11F3N2O/c13-12(14,15)11(18)17-4-3-9-2-1-8(6-16)5-10(9)7-17/h1,5,9H,2-4,7H2. The number of nitrogens with zero attached hydrogens (tertiary/aromatic N) is 2. The Bertz CT molecular complexity index is 471. The molecule has 1 atom stereocenters. The van der Waals surface area contributed by atoms with Crippen LogP contribution in [-0.4, -0.2) is 30.1 Å². The average molecular weight is 256 g/mol. The zero-order chi connectivity index (χ0) is 13.3. The van der Waals surface area contributed by atoms with Gasteiger partial charge in [0.05, 0.1) is 6.07 Å². The largest absolute Gasteiger partial charge is 0.471 e. The fraction of sp³-hybridized carbons (Fsp3) is 0.500. The minimum absolute atomic E-state index is 0.0258. The molecule has 0 saturated carbocycles. The van der Waals surface area contributed by atoms with Gasteiger partial charge in [0.1, 0.15) is 0 Å². The van der Waals surface area contributed by atoms with Crippen LogP contribution in [0.2, 0.25) is 0 Å². The van der Waals surface area contributed by atoms with Crippen LogP contribution in [0.25, 0.3) is 0 Å². The first kappa shape index (κ1) is 12.7. The van der Waals surface area contributed by atoms with Crippen LogP contribution in [0.3, 0.4) is 0 Å². The number of piperidine rings is 1. The molecule has 0 N–H and O–H groups in total. The summed E-state index contributed by atoms with van der Waals surface area (Å²) in [6.07, 6.45) is -0.249. The fourth-order valence-electron chi connectivity index (χ4n) is 2.32. The molecule has 0 aromatic carbocycles. The molecule has 3 nitrogen and oxygen atoms in total. The average Bonchev–Trinajstić information content (AvgIpc) is 2.35.